The highest BCUT2D eigenvalue weighted by Gasteiger charge is 2.08. The lowest BCUT2D eigenvalue weighted by Crippen LogP contribution is -2.25. The molecule has 7 heteroatoms. The Bertz CT molecular complexity index is 319. The van der Waals surface area contributed by atoms with Gasteiger partial charge in [0.25, 0.3) is 5.91 Å². The van der Waals surface area contributed by atoms with E-state index in [1.165, 1.54) is 11.3 Å². The van der Waals surface area contributed by atoms with Gasteiger partial charge in [0.2, 0.25) is 0 Å². The maximum atomic E-state index is 11.5. The third-order valence-electron chi connectivity index (χ3n) is 1.77. The SMILES string of the molecule is CSCCCNC(=O)c1csc(CN)n1.Cl. The van der Waals surface area contributed by atoms with E-state index in [9.17, 15) is 4.79 Å². The van der Waals surface area contributed by atoms with Gasteiger partial charge in [-0.3, -0.25) is 4.79 Å². The van der Waals surface area contributed by atoms with E-state index in [-0.39, 0.29) is 18.3 Å². The van der Waals surface area contributed by atoms with E-state index in [0.717, 1.165) is 17.2 Å². The summed E-state index contributed by atoms with van der Waals surface area (Å²) in [7, 11) is 0. The first kappa shape index (κ1) is 15.7. The lowest BCUT2D eigenvalue weighted by Gasteiger charge is -2.01. The molecule has 0 fully saturated rings. The van der Waals surface area contributed by atoms with Crippen molar-refractivity contribution in [2.45, 2.75) is 13.0 Å². The Morgan fingerprint density at radius 1 is 1.69 bits per heavy atom. The second kappa shape index (κ2) is 8.81. The lowest BCUT2D eigenvalue weighted by molar-refractivity contribution is 0.0949. The third kappa shape index (κ3) is 5.16. The Morgan fingerprint density at radius 2 is 2.44 bits per heavy atom. The van der Waals surface area contributed by atoms with Gasteiger partial charge in [-0.25, -0.2) is 4.98 Å². The van der Waals surface area contributed by atoms with Crippen LogP contribution < -0.4 is 11.1 Å². The molecule has 92 valence electrons. The number of hydrogen-bond donors (Lipinski definition) is 2. The summed E-state index contributed by atoms with van der Waals surface area (Å²) < 4.78 is 0. The van der Waals surface area contributed by atoms with Gasteiger partial charge in [-0.2, -0.15) is 11.8 Å². The minimum atomic E-state index is -0.105. The molecule has 0 unspecified atom stereocenters. The predicted octanol–water partition coefficient (Wildman–Crippen LogP) is 1.51. The van der Waals surface area contributed by atoms with Gasteiger partial charge in [-0.05, 0) is 18.4 Å². The summed E-state index contributed by atoms with van der Waals surface area (Å²) in [6.07, 6.45) is 3.04. The van der Waals surface area contributed by atoms with Crippen molar-refractivity contribution in [2.24, 2.45) is 5.73 Å². The molecule has 1 aromatic heterocycles. The van der Waals surface area contributed by atoms with E-state index in [4.69, 9.17) is 5.73 Å². The lowest BCUT2D eigenvalue weighted by atomic mass is 10.4. The fourth-order valence-electron chi connectivity index (χ4n) is 1.02. The zero-order valence-electron chi connectivity index (χ0n) is 9.06. The first-order valence-electron chi connectivity index (χ1n) is 4.69. The summed E-state index contributed by atoms with van der Waals surface area (Å²) in [4.78, 5) is 15.6. The average Bonchev–Trinajstić information content (AvgIpc) is 2.72. The highest BCUT2D eigenvalue weighted by Crippen LogP contribution is 2.08. The van der Waals surface area contributed by atoms with Gasteiger partial charge in [0, 0.05) is 18.5 Å². The maximum absolute atomic E-state index is 11.5. The molecule has 0 aliphatic heterocycles. The number of carbonyl (C=O) groups excluding carboxylic acids is 1. The Kier molecular flexibility index (Phi) is 8.64. The molecule has 0 aliphatic rings. The number of nitrogens with two attached hydrogens (primary N) is 1. The molecule has 3 N–H and O–H groups in total. The standard InChI is InChI=1S/C9H15N3OS2.ClH/c1-14-4-2-3-11-9(13)7-6-15-8(5-10)12-7;/h6H,2-5,10H2,1H3,(H,11,13);1H. The molecule has 0 bridgehead atoms. The molecule has 0 aliphatic carbocycles. The fourth-order valence-corrected chi connectivity index (χ4v) is 2.11. The molecule has 1 aromatic rings. The largest absolute Gasteiger partial charge is 0.351 e. The van der Waals surface area contributed by atoms with Crippen LogP contribution in [0.25, 0.3) is 0 Å². The quantitative estimate of drug-likeness (QED) is 0.776. The molecule has 1 amide bonds. The molecule has 0 atom stereocenters. The topological polar surface area (TPSA) is 68.0 Å². The number of halogens is 1. The smallest absolute Gasteiger partial charge is 0.270 e. The molecule has 0 radical (unpaired) electrons. The Hall–Kier alpha value is -0.300. The highest BCUT2D eigenvalue weighted by molar-refractivity contribution is 7.98. The average molecular weight is 282 g/mol. The molecular weight excluding hydrogens is 266 g/mol. The van der Waals surface area contributed by atoms with Gasteiger partial charge in [0.15, 0.2) is 0 Å². The van der Waals surface area contributed by atoms with Gasteiger partial charge in [0.1, 0.15) is 10.7 Å². The van der Waals surface area contributed by atoms with Crippen LogP contribution in [0.3, 0.4) is 0 Å². The predicted molar refractivity (Wildman–Crippen MR) is 72.6 cm³/mol. The molecule has 4 nitrogen and oxygen atoms in total. The Balaban J connectivity index is 0.00000225. The van der Waals surface area contributed by atoms with Gasteiger partial charge in [-0.15, -0.1) is 23.7 Å². The number of nitrogens with zero attached hydrogens (tertiary/aromatic N) is 1. The van der Waals surface area contributed by atoms with Crippen molar-refractivity contribution in [2.75, 3.05) is 18.6 Å². The molecule has 0 spiro atoms. The fraction of sp³-hybridized carbons (Fsp3) is 0.556. The van der Waals surface area contributed by atoms with Gasteiger partial charge >= 0.3 is 0 Å². The molecule has 1 rings (SSSR count). The highest BCUT2D eigenvalue weighted by atomic mass is 35.5. The maximum Gasteiger partial charge on any atom is 0.270 e. The van der Waals surface area contributed by atoms with Gasteiger partial charge in [0.05, 0.1) is 0 Å². The van der Waals surface area contributed by atoms with Crippen molar-refractivity contribution in [3.8, 4) is 0 Å². The van der Waals surface area contributed by atoms with Gasteiger partial charge in [-0.1, -0.05) is 0 Å². The van der Waals surface area contributed by atoms with Crippen molar-refractivity contribution in [1.29, 1.82) is 0 Å². The van der Waals surface area contributed by atoms with E-state index in [2.05, 4.69) is 16.6 Å². The summed E-state index contributed by atoms with van der Waals surface area (Å²) in [5.74, 6) is 0.956. The molecule has 16 heavy (non-hydrogen) atoms. The number of rotatable bonds is 6. The summed E-state index contributed by atoms with van der Waals surface area (Å²) in [5, 5.41) is 5.36. The van der Waals surface area contributed by atoms with Crippen molar-refractivity contribution >= 4 is 41.4 Å². The van der Waals surface area contributed by atoms with Crippen LogP contribution in [0.1, 0.15) is 21.9 Å². The second-order valence-electron chi connectivity index (χ2n) is 2.93. The van der Waals surface area contributed by atoms with Crippen LogP contribution in [-0.4, -0.2) is 29.4 Å². The summed E-state index contributed by atoms with van der Waals surface area (Å²) >= 11 is 3.20. The number of aromatic nitrogens is 1. The van der Waals surface area contributed by atoms with E-state index in [1.807, 2.05) is 0 Å². The minimum absolute atomic E-state index is 0. The van der Waals surface area contributed by atoms with Crippen LogP contribution in [0.4, 0.5) is 0 Å². The number of thiazole rings is 1. The number of nitrogens with one attached hydrogen (secondary N) is 1. The summed E-state index contributed by atoms with van der Waals surface area (Å²) in [6, 6.07) is 0. The second-order valence-corrected chi connectivity index (χ2v) is 4.86. The van der Waals surface area contributed by atoms with E-state index >= 15 is 0 Å². The number of thioether (sulfide) groups is 1. The molecule has 1 heterocycles. The van der Waals surface area contributed by atoms with Crippen LogP contribution in [0.5, 0.6) is 0 Å². The zero-order chi connectivity index (χ0) is 11.1. The first-order valence-corrected chi connectivity index (χ1v) is 6.97. The molecular formula is C9H16ClN3OS2. The van der Waals surface area contributed by atoms with E-state index < -0.39 is 0 Å². The van der Waals surface area contributed by atoms with E-state index in [1.54, 1.807) is 17.1 Å². The number of amides is 1. The van der Waals surface area contributed by atoms with Crippen molar-refractivity contribution in [3.63, 3.8) is 0 Å². The number of carbonyl (C=O) groups is 1. The van der Waals surface area contributed by atoms with Crippen LogP contribution in [-0.2, 0) is 6.54 Å². The number of hydrogen-bond acceptors (Lipinski definition) is 5. The molecule has 0 saturated heterocycles. The zero-order valence-corrected chi connectivity index (χ0v) is 11.5. The first-order chi connectivity index (χ1) is 7.27. The Labute approximate surface area is 110 Å². The van der Waals surface area contributed by atoms with E-state index in [0.29, 0.717) is 18.8 Å². The molecule has 0 aromatic carbocycles. The van der Waals surface area contributed by atoms with Crippen LogP contribution in [0, 0.1) is 0 Å². The van der Waals surface area contributed by atoms with Crippen LogP contribution >= 0.6 is 35.5 Å². The van der Waals surface area contributed by atoms with Crippen molar-refractivity contribution in [1.82, 2.24) is 10.3 Å². The van der Waals surface area contributed by atoms with Crippen molar-refractivity contribution in [3.05, 3.63) is 16.1 Å². The minimum Gasteiger partial charge on any atom is -0.351 e. The third-order valence-corrected chi connectivity index (χ3v) is 3.34. The monoisotopic (exact) mass is 281 g/mol. The van der Waals surface area contributed by atoms with Crippen LogP contribution in [0.2, 0.25) is 0 Å². The van der Waals surface area contributed by atoms with Gasteiger partial charge < -0.3 is 11.1 Å². The normalized spacial score (nSPS) is 9.62. The van der Waals surface area contributed by atoms with Crippen LogP contribution in [0.15, 0.2) is 5.38 Å². The summed E-state index contributed by atoms with van der Waals surface area (Å²) in [6.45, 7) is 1.10. The summed E-state index contributed by atoms with van der Waals surface area (Å²) in [5.41, 5.74) is 5.89. The molecule has 0 saturated carbocycles. The van der Waals surface area contributed by atoms with Crippen molar-refractivity contribution < 1.29 is 4.79 Å². The Morgan fingerprint density at radius 3 is 3.00 bits per heavy atom.